The summed E-state index contributed by atoms with van der Waals surface area (Å²) in [5.41, 5.74) is 14.1. The van der Waals surface area contributed by atoms with Crippen molar-refractivity contribution in [2.24, 2.45) is 11.5 Å². The number of unbranched alkanes of at least 4 members (excludes halogenated alkanes) is 1. The van der Waals surface area contributed by atoms with E-state index >= 15 is 0 Å². The van der Waals surface area contributed by atoms with E-state index < -0.39 is 5.91 Å². The number of amides is 3. The number of fused-ring (bicyclic) bond motifs is 1. The van der Waals surface area contributed by atoms with Gasteiger partial charge in [0.15, 0.2) is 5.82 Å². The highest BCUT2D eigenvalue weighted by molar-refractivity contribution is 6.10. The number of carbonyl (C=O) groups excluding carboxylic acids is 3. The lowest BCUT2D eigenvalue weighted by atomic mass is 10.1. The van der Waals surface area contributed by atoms with E-state index in [-0.39, 0.29) is 23.9 Å². The minimum absolute atomic E-state index is 0.0187. The summed E-state index contributed by atoms with van der Waals surface area (Å²) in [6, 6.07) is 14.2. The van der Waals surface area contributed by atoms with Crippen molar-refractivity contribution in [3.8, 4) is 11.4 Å². The van der Waals surface area contributed by atoms with E-state index in [1.807, 2.05) is 31.2 Å². The Hall–Kier alpha value is -4.11. The second-order valence-electron chi connectivity index (χ2n) is 8.14. The van der Waals surface area contributed by atoms with Gasteiger partial charge in [0, 0.05) is 23.2 Å². The highest BCUT2D eigenvalue weighted by atomic mass is 16.2. The maximum atomic E-state index is 13.0. The Balaban J connectivity index is 1.72. The van der Waals surface area contributed by atoms with Gasteiger partial charge >= 0.3 is 0 Å². The predicted octanol–water partition coefficient (Wildman–Crippen LogP) is 2.24. The molecule has 3 amide bonds. The van der Waals surface area contributed by atoms with E-state index in [4.69, 9.17) is 11.5 Å². The number of aromatic nitrogens is 2. The third kappa shape index (κ3) is 4.65. The fourth-order valence-corrected chi connectivity index (χ4v) is 3.83. The van der Waals surface area contributed by atoms with Crippen molar-refractivity contribution >= 4 is 29.2 Å². The Labute approximate surface area is 197 Å². The number of nitrogens with one attached hydrogen (secondary N) is 1. The molecule has 0 radical (unpaired) electrons. The molecule has 2 aromatic carbocycles. The standard InChI is InChI=1S/C25H26N6O3/c1-15-7-9-16(10-8-15)23-29-21(22(27)33)19-14-20(32)31(24(19)30-23)18-6-4-5-17(13-18)25(34)28-12-3-2-11-26/h4-10,13H,2-3,11-12,14,26H2,1H3,(H2,27,33)(H,28,34). The van der Waals surface area contributed by atoms with Crippen LogP contribution in [0.2, 0.25) is 0 Å². The molecule has 0 fully saturated rings. The summed E-state index contributed by atoms with van der Waals surface area (Å²) in [6.07, 6.45) is 1.55. The van der Waals surface area contributed by atoms with Crippen LogP contribution in [0.4, 0.5) is 11.5 Å². The first-order chi connectivity index (χ1) is 16.4. The third-order valence-corrected chi connectivity index (χ3v) is 5.60. The molecule has 1 aromatic heterocycles. The van der Waals surface area contributed by atoms with E-state index in [0.717, 1.165) is 18.4 Å². The molecule has 9 nitrogen and oxygen atoms in total. The SMILES string of the molecule is Cc1ccc(-c2nc(C(N)=O)c3c(n2)N(c2cccc(C(=O)NCCCCN)c2)C(=O)C3)cc1. The van der Waals surface area contributed by atoms with Gasteiger partial charge in [-0.05, 0) is 44.5 Å². The summed E-state index contributed by atoms with van der Waals surface area (Å²) in [5, 5.41) is 2.86. The monoisotopic (exact) mass is 458 g/mol. The van der Waals surface area contributed by atoms with Crippen LogP contribution in [0.3, 0.4) is 0 Å². The van der Waals surface area contributed by atoms with E-state index in [0.29, 0.717) is 47.1 Å². The smallest absolute Gasteiger partial charge is 0.267 e. The first-order valence-corrected chi connectivity index (χ1v) is 11.1. The van der Waals surface area contributed by atoms with Crippen molar-refractivity contribution in [1.82, 2.24) is 15.3 Å². The second-order valence-corrected chi connectivity index (χ2v) is 8.14. The number of anilines is 2. The molecule has 3 aromatic rings. The Morgan fingerprint density at radius 2 is 1.85 bits per heavy atom. The number of aryl methyl sites for hydroxylation is 1. The van der Waals surface area contributed by atoms with Gasteiger partial charge in [-0.3, -0.25) is 19.3 Å². The number of hydrogen-bond donors (Lipinski definition) is 3. The predicted molar refractivity (Wildman–Crippen MR) is 129 cm³/mol. The summed E-state index contributed by atoms with van der Waals surface area (Å²) in [7, 11) is 0. The maximum absolute atomic E-state index is 13.0. The van der Waals surface area contributed by atoms with E-state index in [2.05, 4.69) is 15.3 Å². The van der Waals surface area contributed by atoms with Gasteiger partial charge in [0.2, 0.25) is 5.91 Å². The average Bonchev–Trinajstić information content (AvgIpc) is 3.17. The first kappa shape index (κ1) is 23.1. The lowest BCUT2D eigenvalue weighted by Gasteiger charge is -2.18. The minimum atomic E-state index is -0.729. The van der Waals surface area contributed by atoms with Gasteiger partial charge < -0.3 is 16.8 Å². The molecule has 0 saturated carbocycles. The van der Waals surface area contributed by atoms with Crippen molar-refractivity contribution in [2.75, 3.05) is 18.0 Å². The number of nitrogens with two attached hydrogens (primary N) is 2. The van der Waals surface area contributed by atoms with Crippen molar-refractivity contribution in [2.45, 2.75) is 26.2 Å². The fourth-order valence-electron chi connectivity index (χ4n) is 3.83. The number of nitrogens with zero attached hydrogens (tertiary/aromatic N) is 3. The van der Waals surface area contributed by atoms with Crippen LogP contribution < -0.4 is 21.7 Å². The zero-order valence-electron chi connectivity index (χ0n) is 18.9. The van der Waals surface area contributed by atoms with Gasteiger partial charge in [0.05, 0.1) is 12.1 Å². The van der Waals surface area contributed by atoms with Gasteiger partial charge in [0.25, 0.3) is 11.8 Å². The third-order valence-electron chi connectivity index (χ3n) is 5.60. The number of rotatable bonds is 8. The summed E-state index contributed by atoms with van der Waals surface area (Å²) in [6.45, 7) is 3.05. The van der Waals surface area contributed by atoms with Gasteiger partial charge in [-0.1, -0.05) is 35.9 Å². The highest BCUT2D eigenvalue weighted by Gasteiger charge is 2.35. The lowest BCUT2D eigenvalue weighted by molar-refractivity contribution is -0.116. The summed E-state index contributed by atoms with van der Waals surface area (Å²) in [5.74, 6) is -0.668. The fraction of sp³-hybridized carbons (Fsp3) is 0.240. The van der Waals surface area contributed by atoms with Crippen molar-refractivity contribution in [1.29, 1.82) is 0 Å². The molecule has 5 N–H and O–H groups in total. The minimum Gasteiger partial charge on any atom is -0.364 e. The van der Waals surface area contributed by atoms with E-state index in [9.17, 15) is 14.4 Å². The van der Waals surface area contributed by atoms with Gasteiger partial charge in [-0.15, -0.1) is 0 Å². The molecule has 174 valence electrons. The molecule has 4 rings (SSSR count). The van der Waals surface area contributed by atoms with Crippen LogP contribution >= 0.6 is 0 Å². The van der Waals surface area contributed by atoms with Crippen LogP contribution in [0.1, 0.15) is 44.8 Å². The maximum Gasteiger partial charge on any atom is 0.267 e. The average molecular weight is 459 g/mol. The number of hydrogen-bond acceptors (Lipinski definition) is 6. The number of benzene rings is 2. The lowest BCUT2D eigenvalue weighted by Crippen LogP contribution is -2.26. The highest BCUT2D eigenvalue weighted by Crippen LogP contribution is 2.37. The molecule has 9 heteroatoms. The number of primary amides is 1. The zero-order valence-corrected chi connectivity index (χ0v) is 18.9. The number of carbonyl (C=O) groups is 3. The van der Waals surface area contributed by atoms with E-state index in [1.165, 1.54) is 4.90 Å². The molecule has 0 spiro atoms. The van der Waals surface area contributed by atoms with Crippen LogP contribution in [0.5, 0.6) is 0 Å². The molecule has 1 aliphatic heterocycles. The molecule has 1 aliphatic rings. The molecule has 0 unspecified atom stereocenters. The van der Waals surface area contributed by atoms with E-state index in [1.54, 1.807) is 24.3 Å². The Kier molecular flexibility index (Phi) is 6.65. The largest absolute Gasteiger partial charge is 0.364 e. The molecule has 34 heavy (non-hydrogen) atoms. The van der Waals surface area contributed by atoms with Gasteiger partial charge in [-0.2, -0.15) is 0 Å². The molecule has 0 saturated heterocycles. The Morgan fingerprint density at radius 3 is 2.56 bits per heavy atom. The van der Waals surface area contributed by atoms with Crippen LogP contribution in [-0.4, -0.2) is 40.8 Å². The van der Waals surface area contributed by atoms with Crippen LogP contribution in [0, 0.1) is 6.92 Å². The van der Waals surface area contributed by atoms with Gasteiger partial charge in [0.1, 0.15) is 11.5 Å². The topological polar surface area (TPSA) is 144 Å². The molecule has 0 aliphatic carbocycles. The van der Waals surface area contributed by atoms with Gasteiger partial charge in [-0.25, -0.2) is 9.97 Å². The summed E-state index contributed by atoms with van der Waals surface area (Å²) < 4.78 is 0. The van der Waals surface area contributed by atoms with Crippen molar-refractivity contribution in [3.05, 3.63) is 70.9 Å². The van der Waals surface area contributed by atoms with Crippen LogP contribution in [0.15, 0.2) is 48.5 Å². The summed E-state index contributed by atoms with van der Waals surface area (Å²) in [4.78, 5) is 48.2. The van der Waals surface area contributed by atoms with Crippen LogP contribution in [-0.2, 0) is 11.2 Å². The second kappa shape index (κ2) is 9.80. The zero-order chi connectivity index (χ0) is 24.2. The molecular formula is C25H26N6O3. The van der Waals surface area contributed by atoms with Crippen molar-refractivity contribution in [3.63, 3.8) is 0 Å². The van der Waals surface area contributed by atoms with Crippen LogP contribution in [0.25, 0.3) is 11.4 Å². The van der Waals surface area contributed by atoms with Crippen molar-refractivity contribution < 1.29 is 14.4 Å². The Morgan fingerprint density at radius 1 is 1.09 bits per heavy atom. The molecular weight excluding hydrogens is 432 g/mol. The Bertz CT molecular complexity index is 1260. The summed E-state index contributed by atoms with van der Waals surface area (Å²) >= 11 is 0. The quantitative estimate of drug-likeness (QED) is 0.442. The molecule has 2 heterocycles. The first-order valence-electron chi connectivity index (χ1n) is 11.1. The molecule has 0 bridgehead atoms. The normalized spacial score (nSPS) is 12.5. The molecule has 0 atom stereocenters.